The number of carboxylic acids is 1. The molecule has 0 unspecified atom stereocenters. The van der Waals surface area contributed by atoms with E-state index in [9.17, 15) is 19.5 Å². The van der Waals surface area contributed by atoms with E-state index in [1.165, 1.54) is 19.1 Å². The second-order valence-corrected chi connectivity index (χ2v) is 6.19. The highest BCUT2D eigenvalue weighted by molar-refractivity contribution is 6.34. The van der Waals surface area contributed by atoms with Crippen LogP contribution >= 0.6 is 11.6 Å². The Balaban J connectivity index is 2.25. The molecule has 1 saturated carbocycles. The van der Waals surface area contributed by atoms with E-state index < -0.39 is 17.4 Å². The average molecular weight is 339 g/mol. The van der Waals surface area contributed by atoms with Crippen molar-refractivity contribution < 1.29 is 19.5 Å². The fraction of sp³-hybridized carbons (Fsp3) is 0.438. The summed E-state index contributed by atoms with van der Waals surface area (Å²) in [5, 5.41) is 14.9. The van der Waals surface area contributed by atoms with Gasteiger partial charge in [0.1, 0.15) is 5.54 Å². The molecule has 0 heterocycles. The highest BCUT2D eigenvalue weighted by Crippen LogP contribution is 2.30. The first-order valence-electron chi connectivity index (χ1n) is 7.47. The molecular weight excluding hydrogens is 320 g/mol. The Morgan fingerprint density at radius 2 is 1.83 bits per heavy atom. The topological polar surface area (TPSA) is 95.5 Å². The molecule has 1 aliphatic rings. The number of rotatable bonds is 4. The molecule has 0 atom stereocenters. The van der Waals surface area contributed by atoms with Crippen LogP contribution < -0.4 is 10.6 Å². The molecular formula is C16H19ClN2O4. The standard InChI is InChI=1S/C16H19ClN2O4/c1-10(20)18-11-5-6-13(17)12(9-11)14(21)19-16(15(22)23)7-3-2-4-8-16/h5-6,9H,2-4,7-8H2,1H3,(H,18,20)(H,19,21)(H,22,23). The van der Waals surface area contributed by atoms with Gasteiger partial charge in [-0.1, -0.05) is 30.9 Å². The van der Waals surface area contributed by atoms with Crippen molar-refractivity contribution in [1.82, 2.24) is 5.32 Å². The summed E-state index contributed by atoms with van der Waals surface area (Å²) in [5.74, 6) is -1.85. The monoisotopic (exact) mass is 338 g/mol. The molecule has 6 nitrogen and oxygen atoms in total. The van der Waals surface area contributed by atoms with Crippen LogP contribution in [0.25, 0.3) is 0 Å². The third kappa shape index (κ3) is 4.01. The number of hydrogen-bond donors (Lipinski definition) is 3. The number of anilines is 1. The van der Waals surface area contributed by atoms with Crippen molar-refractivity contribution in [2.24, 2.45) is 0 Å². The quantitative estimate of drug-likeness (QED) is 0.786. The summed E-state index contributed by atoms with van der Waals surface area (Å²) in [6, 6.07) is 4.52. The minimum atomic E-state index is -1.25. The predicted molar refractivity (Wildman–Crippen MR) is 86.7 cm³/mol. The van der Waals surface area contributed by atoms with Gasteiger partial charge in [-0.15, -0.1) is 0 Å². The molecule has 2 amide bonds. The van der Waals surface area contributed by atoms with Crippen molar-refractivity contribution in [2.45, 2.75) is 44.6 Å². The van der Waals surface area contributed by atoms with Gasteiger partial charge in [0.05, 0.1) is 10.6 Å². The summed E-state index contributed by atoms with van der Waals surface area (Å²) in [5.41, 5.74) is -0.674. The molecule has 1 aromatic carbocycles. The SMILES string of the molecule is CC(=O)Nc1ccc(Cl)c(C(=O)NC2(C(=O)O)CCCCC2)c1. The van der Waals surface area contributed by atoms with Crippen LogP contribution in [-0.2, 0) is 9.59 Å². The Kier molecular flexibility index (Phi) is 5.26. The maximum Gasteiger partial charge on any atom is 0.329 e. The molecule has 0 aliphatic heterocycles. The van der Waals surface area contributed by atoms with Crippen LogP contribution in [0.4, 0.5) is 5.69 Å². The predicted octanol–water partition coefficient (Wildman–Crippen LogP) is 2.82. The highest BCUT2D eigenvalue weighted by atomic mass is 35.5. The van der Waals surface area contributed by atoms with E-state index in [0.29, 0.717) is 18.5 Å². The Morgan fingerprint density at radius 1 is 1.17 bits per heavy atom. The van der Waals surface area contributed by atoms with E-state index in [2.05, 4.69) is 10.6 Å². The molecule has 0 saturated heterocycles. The zero-order valence-electron chi connectivity index (χ0n) is 12.8. The van der Waals surface area contributed by atoms with Gasteiger partial charge in [0.15, 0.2) is 0 Å². The Labute approximate surface area is 139 Å². The van der Waals surface area contributed by atoms with Crippen molar-refractivity contribution in [3.63, 3.8) is 0 Å². The number of aliphatic carboxylic acids is 1. The minimum absolute atomic E-state index is 0.143. The lowest BCUT2D eigenvalue weighted by molar-refractivity contribution is -0.145. The van der Waals surface area contributed by atoms with E-state index >= 15 is 0 Å². The molecule has 1 aromatic rings. The molecule has 7 heteroatoms. The van der Waals surface area contributed by atoms with Crippen LogP contribution in [0.3, 0.4) is 0 Å². The number of halogens is 1. The van der Waals surface area contributed by atoms with Gasteiger partial charge in [-0.3, -0.25) is 9.59 Å². The maximum absolute atomic E-state index is 12.5. The molecule has 2 rings (SSSR count). The number of carboxylic acid groups (broad SMARTS) is 1. The second-order valence-electron chi connectivity index (χ2n) is 5.78. The third-order valence-corrected chi connectivity index (χ3v) is 4.33. The van der Waals surface area contributed by atoms with Crippen molar-refractivity contribution in [1.29, 1.82) is 0 Å². The average Bonchev–Trinajstić information content (AvgIpc) is 2.49. The van der Waals surface area contributed by atoms with Crippen LogP contribution in [-0.4, -0.2) is 28.4 Å². The number of amides is 2. The van der Waals surface area contributed by atoms with E-state index in [0.717, 1.165) is 19.3 Å². The summed E-state index contributed by atoms with van der Waals surface area (Å²) in [6.45, 7) is 1.36. The molecule has 0 radical (unpaired) electrons. The first-order valence-corrected chi connectivity index (χ1v) is 7.85. The lowest BCUT2D eigenvalue weighted by atomic mass is 9.81. The Bertz CT molecular complexity index is 639. The number of carbonyl (C=O) groups is 3. The number of hydrogen-bond acceptors (Lipinski definition) is 3. The largest absolute Gasteiger partial charge is 0.480 e. The Morgan fingerprint density at radius 3 is 2.39 bits per heavy atom. The molecule has 124 valence electrons. The summed E-state index contributed by atoms with van der Waals surface area (Å²) in [4.78, 5) is 35.3. The lowest BCUT2D eigenvalue weighted by Gasteiger charge is -2.34. The Hall–Kier alpha value is -2.08. The molecule has 0 bridgehead atoms. The van der Waals surface area contributed by atoms with Gasteiger partial charge in [-0.2, -0.15) is 0 Å². The highest BCUT2D eigenvalue weighted by Gasteiger charge is 2.41. The zero-order chi connectivity index (χ0) is 17.0. The zero-order valence-corrected chi connectivity index (χ0v) is 13.6. The van der Waals surface area contributed by atoms with E-state index in [4.69, 9.17) is 11.6 Å². The summed E-state index contributed by atoms with van der Waals surface area (Å²) >= 11 is 6.05. The van der Waals surface area contributed by atoms with Crippen molar-refractivity contribution >= 4 is 35.1 Å². The van der Waals surface area contributed by atoms with Gasteiger partial charge in [0, 0.05) is 12.6 Å². The van der Waals surface area contributed by atoms with Gasteiger partial charge in [0.2, 0.25) is 5.91 Å². The minimum Gasteiger partial charge on any atom is -0.480 e. The fourth-order valence-electron chi connectivity index (χ4n) is 2.81. The number of benzene rings is 1. The van der Waals surface area contributed by atoms with Crippen LogP contribution in [0.5, 0.6) is 0 Å². The van der Waals surface area contributed by atoms with E-state index in [1.54, 1.807) is 6.07 Å². The van der Waals surface area contributed by atoms with Gasteiger partial charge >= 0.3 is 5.97 Å². The van der Waals surface area contributed by atoms with Crippen LogP contribution in [0.2, 0.25) is 5.02 Å². The van der Waals surface area contributed by atoms with Gasteiger partial charge in [0.25, 0.3) is 5.91 Å². The number of nitrogens with one attached hydrogen (secondary N) is 2. The smallest absolute Gasteiger partial charge is 0.329 e. The summed E-state index contributed by atoms with van der Waals surface area (Å²) in [6.07, 6.45) is 3.27. The first kappa shape index (κ1) is 17.3. The fourth-order valence-corrected chi connectivity index (χ4v) is 3.02. The molecule has 3 N–H and O–H groups in total. The first-order chi connectivity index (χ1) is 10.8. The molecule has 23 heavy (non-hydrogen) atoms. The van der Waals surface area contributed by atoms with Crippen LogP contribution in [0.15, 0.2) is 18.2 Å². The van der Waals surface area contributed by atoms with E-state index in [-0.39, 0.29) is 16.5 Å². The van der Waals surface area contributed by atoms with Gasteiger partial charge in [-0.05, 0) is 31.0 Å². The molecule has 0 aromatic heterocycles. The van der Waals surface area contributed by atoms with Gasteiger partial charge < -0.3 is 15.7 Å². The maximum atomic E-state index is 12.5. The lowest BCUT2D eigenvalue weighted by Crippen LogP contribution is -2.55. The van der Waals surface area contributed by atoms with Crippen molar-refractivity contribution in [2.75, 3.05) is 5.32 Å². The van der Waals surface area contributed by atoms with Gasteiger partial charge in [-0.25, -0.2) is 4.79 Å². The van der Waals surface area contributed by atoms with E-state index in [1.807, 2.05) is 0 Å². The van der Waals surface area contributed by atoms with Crippen molar-refractivity contribution in [3.8, 4) is 0 Å². The summed E-state index contributed by atoms with van der Waals surface area (Å²) < 4.78 is 0. The number of carbonyl (C=O) groups excluding carboxylic acids is 2. The van der Waals surface area contributed by atoms with Crippen molar-refractivity contribution in [3.05, 3.63) is 28.8 Å². The molecule has 0 spiro atoms. The second kappa shape index (κ2) is 7.00. The normalized spacial score (nSPS) is 16.4. The molecule has 1 aliphatic carbocycles. The van der Waals surface area contributed by atoms with Crippen LogP contribution in [0.1, 0.15) is 49.4 Å². The van der Waals surface area contributed by atoms with Crippen LogP contribution in [0, 0.1) is 0 Å². The molecule has 1 fully saturated rings. The third-order valence-electron chi connectivity index (χ3n) is 4.00. The summed E-state index contributed by atoms with van der Waals surface area (Å²) in [7, 11) is 0.